The Morgan fingerprint density at radius 3 is 2.84 bits per heavy atom. The summed E-state index contributed by atoms with van der Waals surface area (Å²) in [6, 6.07) is 7.30. The molecular formula is C14H13ClN2O2. The van der Waals surface area contributed by atoms with Gasteiger partial charge in [0, 0.05) is 29.7 Å². The Balaban J connectivity index is 1.93. The normalized spacial score (nSPS) is 15.7. The summed E-state index contributed by atoms with van der Waals surface area (Å²) in [5, 5.41) is 1.52. The molecule has 1 amide bonds. The van der Waals surface area contributed by atoms with Gasteiger partial charge in [-0.3, -0.25) is 9.78 Å². The Morgan fingerprint density at radius 1 is 1.26 bits per heavy atom. The van der Waals surface area contributed by atoms with Gasteiger partial charge < -0.3 is 9.64 Å². The van der Waals surface area contributed by atoms with E-state index in [4.69, 9.17) is 16.3 Å². The summed E-state index contributed by atoms with van der Waals surface area (Å²) in [7, 11) is 0. The van der Waals surface area contributed by atoms with Gasteiger partial charge in [0.1, 0.15) is 0 Å². The number of ether oxygens (including phenoxy) is 1. The maximum absolute atomic E-state index is 12.3. The van der Waals surface area contributed by atoms with Gasteiger partial charge >= 0.3 is 0 Å². The SMILES string of the molecule is O=C(c1cnc2ccc(Cl)cc2c1)N1CCOCC1. The molecule has 0 spiro atoms. The minimum Gasteiger partial charge on any atom is -0.378 e. The lowest BCUT2D eigenvalue weighted by Gasteiger charge is -2.26. The van der Waals surface area contributed by atoms with Gasteiger partial charge in [-0.2, -0.15) is 0 Å². The van der Waals surface area contributed by atoms with Crippen LogP contribution in [0.4, 0.5) is 0 Å². The summed E-state index contributed by atoms with van der Waals surface area (Å²) in [6.07, 6.45) is 1.62. The van der Waals surface area contributed by atoms with Crippen LogP contribution in [0.5, 0.6) is 0 Å². The Labute approximate surface area is 115 Å². The van der Waals surface area contributed by atoms with Crippen molar-refractivity contribution >= 4 is 28.4 Å². The van der Waals surface area contributed by atoms with Gasteiger partial charge in [-0.25, -0.2) is 0 Å². The zero-order chi connectivity index (χ0) is 13.2. The number of amides is 1. The highest BCUT2D eigenvalue weighted by Gasteiger charge is 2.18. The first-order valence-electron chi connectivity index (χ1n) is 6.16. The van der Waals surface area contributed by atoms with E-state index in [1.54, 1.807) is 17.2 Å². The van der Waals surface area contributed by atoms with E-state index < -0.39 is 0 Å². The van der Waals surface area contributed by atoms with E-state index in [0.717, 1.165) is 10.9 Å². The predicted octanol–water partition coefficient (Wildman–Crippen LogP) is 2.36. The second kappa shape index (κ2) is 5.15. The Morgan fingerprint density at radius 2 is 2.05 bits per heavy atom. The largest absolute Gasteiger partial charge is 0.378 e. The molecule has 0 radical (unpaired) electrons. The van der Waals surface area contributed by atoms with Crippen LogP contribution in [-0.4, -0.2) is 42.1 Å². The number of aromatic nitrogens is 1. The van der Waals surface area contributed by atoms with Crippen LogP contribution in [-0.2, 0) is 4.74 Å². The van der Waals surface area contributed by atoms with Crippen LogP contribution >= 0.6 is 11.6 Å². The number of rotatable bonds is 1. The monoisotopic (exact) mass is 276 g/mol. The fourth-order valence-electron chi connectivity index (χ4n) is 2.17. The van der Waals surface area contributed by atoms with E-state index in [1.807, 2.05) is 18.2 Å². The fraction of sp³-hybridized carbons (Fsp3) is 0.286. The van der Waals surface area contributed by atoms with Crippen LogP contribution < -0.4 is 0 Å². The molecular weight excluding hydrogens is 264 g/mol. The molecule has 1 aliphatic rings. The molecule has 98 valence electrons. The second-order valence-electron chi connectivity index (χ2n) is 4.47. The summed E-state index contributed by atoms with van der Waals surface area (Å²) >= 11 is 5.96. The van der Waals surface area contributed by atoms with Crippen molar-refractivity contribution in [1.29, 1.82) is 0 Å². The quantitative estimate of drug-likeness (QED) is 0.803. The van der Waals surface area contributed by atoms with Gasteiger partial charge in [0.05, 0.1) is 24.3 Å². The highest BCUT2D eigenvalue weighted by atomic mass is 35.5. The number of nitrogens with zero attached hydrogens (tertiary/aromatic N) is 2. The van der Waals surface area contributed by atoms with Crippen molar-refractivity contribution in [1.82, 2.24) is 9.88 Å². The van der Waals surface area contributed by atoms with Crippen molar-refractivity contribution in [3.05, 3.63) is 41.0 Å². The molecule has 3 rings (SSSR count). The minimum atomic E-state index is -0.00215. The molecule has 1 fully saturated rings. The Hall–Kier alpha value is -1.65. The number of halogens is 1. The van der Waals surface area contributed by atoms with E-state index >= 15 is 0 Å². The predicted molar refractivity (Wildman–Crippen MR) is 73.5 cm³/mol. The third-order valence-electron chi connectivity index (χ3n) is 3.19. The molecule has 5 heteroatoms. The van der Waals surface area contributed by atoms with Gasteiger partial charge in [-0.05, 0) is 24.3 Å². The molecule has 0 aliphatic carbocycles. The van der Waals surface area contributed by atoms with Gasteiger partial charge in [-0.1, -0.05) is 11.6 Å². The fourth-order valence-corrected chi connectivity index (χ4v) is 2.35. The molecule has 0 bridgehead atoms. The van der Waals surface area contributed by atoms with Crippen LogP contribution in [0, 0.1) is 0 Å². The number of morpholine rings is 1. The molecule has 0 atom stereocenters. The molecule has 19 heavy (non-hydrogen) atoms. The molecule has 0 N–H and O–H groups in total. The number of carbonyl (C=O) groups is 1. The smallest absolute Gasteiger partial charge is 0.255 e. The molecule has 1 aliphatic heterocycles. The van der Waals surface area contributed by atoms with E-state index in [9.17, 15) is 4.79 Å². The number of carbonyl (C=O) groups excluding carboxylic acids is 1. The zero-order valence-electron chi connectivity index (χ0n) is 10.3. The van der Waals surface area contributed by atoms with Crippen molar-refractivity contribution in [3.63, 3.8) is 0 Å². The van der Waals surface area contributed by atoms with E-state index in [2.05, 4.69) is 4.98 Å². The van der Waals surface area contributed by atoms with Gasteiger partial charge in [0.2, 0.25) is 0 Å². The number of benzene rings is 1. The first-order chi connectivity index (χ1) is 9.24. The molecule has 2 heterocycles. The highest BCUT2D eigenvalue weighted by Crippen LogP contribution is 2.19. The number of fused-ring (bicyclic) bond motifs is 1. The summed E-state index contributed by atoms with van der Waals surface area (Å²) in [5.41, 5.74) is 1.43. The summed E-state index contributed by atoms with van der Waals surface area (Å²) in [6.45, 7) is 2.45. The van der Waals surface area contributed by atoms with Crippen LogP contribution in [0.2, 0.25) is 5.02 Å². The molecule has 0 unspecified atom stereocenters. The standard InChI is InChI=1S/C14H13ClN2O2/c15-12-1-2-13-10(8-12)7-11(9-16-13)14(18)17-3-5-19-6-4-17/h1-2,7-9H,3-6H2. The molecule has 4 nitrogen and oxygen atoms in total. The third-order valence-corrected chi connectivity index (χ3v) is 3.42. The zero-order valence-corrected chi connectivity index (χ0v) is 11.1. The number of pyridine rings is 1. The first-order valence-corrected chi connectivity index (χ1v) is 6.54. The summed E-state index contributed by atoms with van der Waals surface area (Å²) in [4.78, 5) is 18.4. The van der Waals surface area contributed by atoms with E-state index in [0.29, 0.717) is 36.9 Å². The maximum atomic E-state index is 12.3. The molecule has 1 saturated heterocycles. The molecule has 1 aromatic carbocycles. The minimum absolute atomic E-state index is 0.00215. The Kier molecular flexibility index (Phi) is 3.36. The topological polar surface area (TPSA) is 42.4 Å². The van der Waals surface area contributed by atoms with Crippen molar-refractivity contribution in [2.75, 3.05) is 26.3 Å². The maximum Gasteiger partial charge on any atom is 0.255 e. The summed E-state index contributed by atoms with van der Waals surface area (Å²) in [5.74, 6) is -0.00215. The lowest BCUT2D eigenvalue weighted by atomic mass is 10.1. The molecule has 0 saturated carbocycles. The van der Waals surface area contributed by atoms with Crippen LogP contribution in [0.1, 0.15) is 10.4 Å². The average molecular weight is 277 g/mol. The van der Waals surface area contributed by atoms with Crippen molar-refractivity contribution in [3.8, 4) is 0 Å². The second-order valence-corrected chi connectivity index (χ2v) is 4.90. The summed E-state index contributed by atoms with van der Waals surface area (Å²) < 4.78 is 5.24. The van der Waals surface area contributed by atoms with E-state index in [1.165, 1.54) is 0 Å². The average Bonchev–Trinajstić information content (AvgIpc) is 2.46. The van der Waals surface area contributed by atoms with Crippen molar-refractivity contribution < 1.29 is 9.53 Å². The van der Waals surface area contributed by atoms with Gasteiger partial charge in [-0.15, -0.1) is 0 Å². The van der Waals surface area contributed by atoms with Crippen molar-refractivity contribution in [2.45, 2.75) is 0 Å². The van der Waals surface area contributed by atoms with Gasteiger partial charge in [0.15, 0.2) is 0 Å². The molecule has 1 aromatic heterocycles. The number of hydrogen-bond acceptors (Lipinski definition) is 3. The lowest BCUT2D eigenvalue weighted by molar-refractivity contribution is 0.0303. The van der Waals surface area contributed by atoms with Crippen LogP contribution in [0.3, 0.4) is 0 Å². The lowest BCUT2D eigenvalue weighted by Crippen LogP contribution is -2.40. The van der Waals surface area contributed by atoms with Crippen molar-refractivity contribution in [2.24, 2.45) is 0 Å². The van der Waals surface area contributed by atoms with Gasteiger partial charge in [0.25, 0.3) is 5.91 Å². The highest BCUT2D eigenvalue weighted by molar-refractivity contribution is 6.31. The number of hydrogen-bond donors (Lipinski definition) is 0. The van der Waals surface area contributed by atoms with E-state index in [-0.39, 0.29) is 5.91 Å². The van der Waals surface area contributed by atoms with Crippen LogP contribution in [0.25, 0.3) is 10.9 Å². The first kappa shape index (κ1) is 12.4. The Bertz CT molecular complexity index is 624. The van der Waals surface area contributed by atoms with Crippen LogP contribution in [0.15, 0.2) is 30.5 Å². The molecule has 2 aromatic rings. The third kappa shape index (κ3) is 2.55.